The molecule has 1 fully saturated rings. The van der Waals surface area contributed by atoms with E-state index in [2.05, 4.69) is 38.3 Å². The first-order valence-corrected chi connectivity index (χ1v) is 6.93. The molecule has 2 N–H and O–H groups in total. The summed E-state index contributed by atoms with van der Waals surface area (Å²) < 4.78 is 0. The topological polar surface area (TPSA) is 24.1 Å². The van der Waals surface area contributed by atoms with Crippen molar-refractivity contribution in [2.75, 3.05) is 19.6 Å². The quantitative estimate of drug-likeness (QED) is 0.652. The van der Waals surface area contributed by atoms with Crippen LogP contribution in [0.5, 0.6) is 0 Å². The first-order valence-electron chi connectivity index (χ1n) is 6.93. The molecule has 96 valence electrons. The fourth-order valence-corrected chi connectivity index (χ4v) is 2.36. The zero-order valence-electron chi connectivity index (χ0n) is 11.7. The Morgan fingerprint density at radius 2 is 1.81 bits per heavy atom. The van der Waals surface area contributed by atoms with Gasteiger partial charge < -0.3 is 10.6 Å². The van der Waals surface area contributed by atoms with Crippen LogP contribution < -0.4 is 10.6 Å². The average Bonchev–Trinajstić information content (AvgIpc) is 2.13. The second-order valence-corrected chi connectivity index (χ2v) is 6.41. The van der Waals surface area contributed by atoms with E-state index in [0.29, 0.717) is 5.41 Å². The summed E-state index contributed by atoms with van der Waals surface area (Å²) in [4.78, 5) is 0. The second kappa shape index (κ2) is 6.02. The molecule has 1 aliphatic carbocycles. The van der Waals surface area contributed by atoms with Gasteiger partial charge in [-0.1, -0.05) is 13.3 Å². The predicted octanol–water partition coefficient (Wildman–Crippen LogP) is 2.93. The summed E-state index contributed by atoms with van der Waals surface area (Å²) in [6.07, 6.45) is 6.91. The lowest BCUT2D eigenvalue weighted by atomic mass is 9.67. The zero-order chi connectivity index (χ0) is 12.1. The standard InChI is InChI=1S/C14H30N2/c1-5-14(8-6-9-14)12-15-10-7-11-16-13(2,3)4/h15-16H,5-12H2,1-4H3. The largest absolute Gasteiger partial charge is 0.316 e. The summed E-state index contributed by atoms with van der Waals surface area (Å²) in [6, 6.07) is 0. The first kappa shape index (κ1) is 14.0. The van der Waals surface area contributed by atoms with E-state index in [1.807, 2.05) is 0 Å². The van der Waals surface area contributed by atoms with Crippen LogP contribution in [-0.2, 0) is 0 Å². The molecule has 0 unspecified atom stereocenters. The molecular formula is C14H30N2. The minimum atomic E-state index is 0.263. The zero-order valence-corrected chi connectivity index (χ0v) is 11.7. The molecule has 0 spiro atoms. The number of rotatable bonds is 7. The van der Waals surface area contributed by atoms with Crippen molar-refractivity contribution < 1.29 is 0 Å². The molecule has 2 heteroatoms. The van der Waals surface area contributed by atoms with Crippen molar-refractivity contribution in [3.05, 3.63) is 0 Å². The van der Waals surface area contributed by atoms with Crippen LogP contribution in [-0.4, -0.2) is 25.2 Å². The molecule has 0 radical (unpaired) electrons. The molecule has 16 heavy (non-hydrogen) atoms. The Morgan fingerprint density at radius 1 is 1.12 bits per heavy atom. The minimum absolute atomic E-state index is 0.263. The Morgan fingerprint density at radius 3 is 2.25 bits per heavy atom. The van der Waals surface area contributed by atoms with E-state index in [0.717, 1.165) is 13.1 Å². The maximum Gasteiger partial charge on any atom is 0.00965 e. The van der Waals surface area contributed by atoms with Crippen molar-refractivity contribution in [2.24, 2.45) is 5.41 Å². The first-order chi connectivity index (χ1) is 7.47. The molecule has 0 aliphatic heterocycles. The summed E-state index contributed by atoms with van der Waals surface area (Å²) in [5.74, 6) is 0. The second-order valence-electron chi connectivity index (χ2n) is 6.41. The molecule has 1 aliphatic rings. The van der Waals surface area contributed by atoms with Crippen molar-refractivity contribution in [1.29, 1.82) is 0 Å². The lowest BCUT2D eigenvalue weighted by molar-refractivity contribution is 0.124. The Kier molecular flexibility index (Phi) is 5.26. The maximum atomic E-state index is 3.63. The van der Waals surface area contributed by atoms with Crippen molar-refractivity contribution in [3.8, 4) is 0 Å². The van der Waals surface area contributed by atoms with E-state index in [9.17, 15) is 0 Å². The molecule has 0 amide bonds. The van der Waals surface area contributed by atoms with Gasteiger partial charge in [-0.15, -0.1) is 0 Å². The van der Waals surface area contributed by atoms with Gasteiger partial charge in [0.25, 0.3) is 0 Å². The fourth-order valence-electron chi connectivity index (χ4n) is 2.36. The van der Waals surface area contributed by atoms with Crippen LogP contribution in [0.1, 0.15) is 59.8 Å². The van der Waals surface area contributed by atoms with Crippen molar-refractivity contribution in [3.63, 3.8) is 0 Å². The summed E-state index contributed by atoms with van der Waals surface area (Å²) in [6.45, 7) is 12.5. The number of nitrogens with one attached hydrogen (secondary N) is 2. The van der Waals surface area contributed by atoms with E-state index in [1.54, 1.807) is 0 Å². The minimum Gasteiger partial charge on any atom is -0.316 e. The van der Waals surface area contributed by atoms with Crippen molar-refractivity contribution >= 4 is 0 Å². The van der Waals surface area contributed by atoms with E-state index in [1.165, 1.54) is 38.6 Å². The van der Waals surface area contributed by atoms with Crippen LogP contribution in [0, 0.1) is 5.41 Å². The highest BCUT2D eigenvalue weighted by molar-refractivity contribution is 4.88. The molecule has 2 nitrogen and oxygen atoms in total. The highest BCUT2D eigenvalue weighted by atomic mass is 15.0. The van der Waals surface area contributed by atoms with Gasteiger partial charge in [0.15, 0.2) is 0 Å². The molecular weight excluding hydrogens is 196 g/mol. The predicted molar refractivity (Wildman–Crippen MR) is 71.8 cm³/mol. The lowest BCUT2D eigenvalue weighted by Crippen LogP contribution is -2.41. The van der Waals surface area contributed by atoms with Gasteiger partial charge in [0.1, 0.15) is 0 Å². The monoisotopic (exact) mass is 226 g/mol. The van der Waals surface area contributed by atoms with Gasteiger partial charge in [0, 0.05) is 12.1 Å². The van der Waals surface area contributed by atoms with Gasteiger partial charge in [-0.25, -0.2) is 0 Å². The smallest absolute Gasteiger partial charge is 0.00965 e. The third kappa shape index (κ3) is 4.84. The molecule has 0 bridgehead atoms. The summed E-state index contributed by atoms with van der Waals surface area (Å²) in [5, 5.41) is 7.15. The SMILES string of the molecule is CCC1(CNCCCNC(C)(C)C)CCC1. The Bertz CT molecular complexity index is 184. The average molecular weight is 226 g/mol. The Labute approximate surface area is 102 Å². The van der Waals surface area contributed by atoms with Crippen LogP contribution in [0.25, 0.3) is 0 Å². The highest BCUT2D eigenvalue weighted by Crippen LogP contribution is 2.42. The molecule has 0 atom stereocenters. The molecule has 1 rings (SSSR count). The fraction of sp³-hybridized carbons (Fsp3) is 1.00. The van der Waals surface area contributed by atoms with Gasteiger partial charge in [-0.3, -0.25) is 0 Å². The maximum absolute atomic E-state index is 3.63. The van der Waals surface area contributed by atoms with Crippen LogP contribution in [0.3, 0.4) is 0 Å². The van der Waals surface area contributed by atoms with E-state index in [-0.39, 0.29) is 5.54 Å². The summed E-state index contributed by atoms with van der Waals surface area (Å²) in [7, 11) is 0. The Balaban J connectivity index is 1.96. The summed E-state index contributed by atoms with van der Waals surface area (Å²) >= 11 is 0. The van der Waals surface area contributed by atoms with Crippen LogP contribution >= 0.6 is 0 Å². The molecule has 0 aromatic heterocycles. The van der Waals surface area contributed by atoms with Gasteiger partial charge in [-0.2, -0.15) is 0 Å². The molecule has 0 saturated heterocycles. The third-order valence-corrected chi connectivity index (χ3v) is 3.85. The van der Waals surface area contributed by atoms with E-state index < -0.39 is 0 Å². The lowest BCUT2D eigenvalue weighted by Gasteiger charge is -2.41. The highest BCUT2D eigenvalue weighted by Gasteiger charge is 2.34. The van der Waals surface area contributed by atoms with Crippen LogP contribution in [0.15, 0.2) is 0 Å². The number of hydrogen-bond acceptors (Lipinski definition) is 2. The van der Waals surface area contributed by atoms with Gasteiger partial charge in [0.05, 0.1) is 0 Å². The normalized spacial score (nSPS) is 19.5. The van der Waals surface area contributed by atoms with Crippen LogP contribution in [0.2, 0.25) is 0 Å². The molecule has 0 aromatic carbocycles. The van der Waals surface area contributed by atoms with E-state index >= 15 is 0 Å². The molecule has 0 heterocycles. The van der Waals surface area contributed by atoms with Crippen molar-refractivity contribution in [2.45, 2.75) is 65.3 Å². The number of hydrogen-bond donors (Lipinski definition) is 2. The van der Waals surface area contributed by atoms with Crippen molar-refractivity contribution in [1.82, 2.24) is 10.6 Å². The van der Waals surface area contributed by atoms with Gasteiger partial charge in [-0.05, 0) is 65.0 Å². The summed E-state index contributed by atoms with van der Waals surface area (Å²) in [5.41, 5.74) is 0.927. The van der Waals surface area contributed by atoms with Gasteiger partial charge >= 0.3 is 0 Å². The van der Waals surface area contributed by atoms with Crippen LogP contribution in [0.4, 0.5) is 0 Å². The Hall–Kier alpha value is -0.0800. The molecule has 1 saturated carbocycles. The van der Waals surface area contributed by atoms with Gasteiger partial charge in [0.2, 0.25) is 0 Å². The third-order valence-electron chi connectivity index (χ3n) is 3.85. The molecule has 0 aromatic rings. The van der Waals surface area contributed by atoms with E-state index in [4.69, 9.17) is 0 Å².